The summed E-state index contributed by atoms with van der Waals surface area (Å²) in [5.41, 5.74) is 2.46. The molecule has 0 spiro atoms. The van der Waals surface area contributed by atoms with Crippen LogP contribution in [0.3, 0.4) is 0 Å². The van der Waals surface area contributed by atoms with Crippen molar-refractivity contribution < 1.29 is 23.5 Å². The molecular weight excluding hydrogens is 487 g/mol. The molecule has 3 heterocycles. The summed E-state index contributed by atoms with van der Waals surface area (Å²) in [6, 6.07) is 15.2. The number of esters is 1. The van der Waals surface area contributed by atoms with Crippen LogP contribution in [0.4, 0.5) is 10.1 Å². The quantitative estimate of drug-likeness (QED) is 0.346. The Hall–Kier alpha value is -4.53. The van der Waals surface area contributed by atoms with Crippen molar-refractivity contribution in [2.45, 2.75) is 25.7 Å². The Morgan fingerprint density at radius 1 is 1.08 bits per heavy atom. The number of nitrogens with zero attached hydrogens (tertiary/aromatic N) is 2. The zero-order valence-corrected chi connectivity index (χ0v) is 20.9. The van der Waals surface area contributed by atoms with Crippen molar-refractivity contribution >= 4 is 34.5 Å². The van der Waals surface area contributed by atoms with Crippen molar-refractivity contribution in [3.05, 3.63) is 95.1 Å². The van der Waals surface area contributed by atoms with Crippen LogP contribution in [0.1, 0.15) is 62.3 Å². The Bertz CT molecular complexity index is 1490. The standard InChI is InChI=1S/C29H27FN4O4/c1-2-38-29(37)24-5-3-4-23(25(24)30)27(35)33-22-8-6-18(7-9-22)19-11-14-34(15-12-19)28(36)21-16-20-10-13-31-26(20)32-17-21/h3-10,13,16-17,19H,2,11-12,14-15H2,1H3,(H,31,32)(H,33,35). The lowest BCUT2D eigenvalue weighted by Crippen LogP contribution is -2.38. The molecule has 9 heteroatoms. The van der Waals surface area contributed by atoms with Gasteiger partial charge in [0.1, 0.15) is 11.5 Å². The van der Waals surface area contributed by atoms with E-state index in [1.165, 1.54) is 18.2 Å². The van der Waals surface area contributed by atoms with Gasteiger partial charge in [-0.25, -0.2) is 14.2 Å². The maximum atomic E-state index is 14.8. The predicted octanol–water partition coefficient (Wildman–Crippen LogP) is 5.15. The second-order valence-corrected chi connectivity index (χ2v) is 9.17. The van der Waals surface area contributed by atoms with Gasteiger partial charge in [0.15, 0.2) is 0 Å². The minimum absolute atomic E-state index is 0.0173. The molecule has 0 bridgehead atoms. The molecule has 2 aromatic carbocycles. The number of H-pyrrole nitrogens is 1. The van der Waals surface area contributed by atoms with E-state index >= 15 is 0 Å². The number of hydrogen-bond donors (Lipinski definition) is 2. The Labute approximate surface area is 218 Å². The van der Waals surface area contributed by atoms with Gasteiger partial charge >= 0.3 is 5.97 Å². The van der Waals surface area contributed by atoms with E-state index in [1.54, 1.807) is 31.5 Å². The molecule has 38 heavy (non-hydrogen) atoms. The maximum Gasteiger partial charge on any atom is 0.341 e. The van der Waals surface area contributed by atoms with Gasteiger partial charge in [0, 0.05) is 36.6 Å². The number of carbonyl (C=O) groups is 3. The van der Waals surface area contributed by atoms with Crippen LogP contribution in [0, 0.1) is 5.82 Å². The number of hydrogen-bond acceptors (Lipinski definition) is 5. The Kier molecular flexibility index (Phi) is 7.17. The molecule has 1 fully saturated rings. The Balaban J connectivity index is 1.19. The summed E-state index contributed by atoms with van der Waals surface area (Å²) in [5, 5.41) is 3.60. The summed E-state index contributed by atoms with van der Waals surface area (Å²) >= 11 is 0. The van der Waals surface area contributed by atoms with Gasteiger partial charge in [0.05, 0.1) is 23.3 Å². The average Bonchev–Trinajstić information content (AvgIpc) is 3.41. The minimum Gasteiger partial charge on any atom is -0.462 e. The summed E-state index contributed by atoms with van der Waals surface area (Å²) in [4.78, 5) is 46.8. The number of likely N-dealkylation sites (tertiary alicyclic amines) is 1. The molecule has 194 valence electrons. The van der Waals surface area contributed by atoms with Gasteiger partial charge in [0.2, 0.25) is 0 Å². The van der Waals surface area contributed by atoms with Crippen LogP contribution in [0.2, 0.25) is 0 Å². The lowest BCUT2D eigenvalue weighted by molar-refractivity contribution is 0.0520. The Morgan fingerprint density at radius 3 is 2.55 bits per heavy atom. The molecule has 0 saturated carbocycles. The predicted molar refractivity (Wildman–Crippen MR) is 141 cm³/mol. The number of anilines is 1. The third kappa shape index (κ3) is 5.13. The van der Waals surface area contributed by atoms with Gasteiger partial charge in [-0.2, -0.15) is 0 Å². The number of ether oxygens (including phenoxy) is 1. The molecule has 2 aromatic heterocycles. The number of aromatic nitrogens is 2. The van der Waals surface area contributed by atoms with Gasteiger partial charge in [-0.1, -0.05) is 18.2 Å². The zero-order valence-electron chi connectivity index (χ0n) is 20.9. The largest absolute Gasteiger partial charge is 0.462 e. The third-order valence-corrected chi connectivity index (χ3v) is 6.81. The fraction of sp³-hybridized carbons (Fsp3) is 0.241. The molecular formula is C29H27FN4O4. The van der Waals surface area contributed by atoms with Crippen LogP contribution in [0.25, 0.3) is 11.0 Å². The second-order valence-electron chi connectivity index (χ2n) is 9.17. The SMILES string of the molecule is CCOC(=O)c1cccc(C(=O)Nc2ccc(C3CCN(C(=O)c4cnc5[nH]ccc5c4)CC3)cc2)c1F. The first kappa shape index (κ1) is 25.1. The molecule has 2 N–H and O–H groups in total. The first-order valence-corrected chi connectivity index (χ1v) is 12.5. The van der Waals surface area contributed by atoms with E-state index in [0.29, 0.717) is 24.3 Å². The number of halogens is 1. The molecule has 8 nitrogen and oxygen atoms in total. The van der Waals surface area contributed by atoms with Gasteiger partial charge in [-0.15, -0.1) is 0 Å². The molecule has 1 saturated heterocycles. The van der Waals surface area contributed by atoms with Crippen LogP contribution in [0.5, 0.6) is 0 Å². The third-order valence-electron chi connectivity index (χ3n) is 6.81. The lowest BCUT2D eigenvalue weighted by atomic mass is 9.89. The van der Waals surface area contributed by atoms with Gasteiger partial charge in [0.25, 0.3) is 11.8 Å². The molecule has 5 rings (SSSR count). The first-order chi connectivity index (χ1) is 18.4. The van der Waals surface area contributed by atoms with E-state index in [0.717, 1.165) is 29.4 Å². The average molecular weight is 515 g/mol. The summed E-state index contributed by atoms with van der Waals surface area (Å²) in [7, 11) is 0. The van der Waals surface area contributed by atoms with Crippen molar-refractivity contribution in [2.24, 2.45) is 0 Å². The highest BCUT2D eigenvalue weighted by atomic mass is 19.1. The normalized spacial score (nSPS) is 13.9. The van der Waals surface area contributed by atoms with E-state index in [4.69, 9.17) is 4.74 Å². The number of carbonyl (C=O) groups excluding carboxylic acids is 3. The number of amides is 2. The molecule has 0 unspecified atom stereocenters. The fourth-order valence-electron chi connectivity index (χ4n) is 4.77. The number of aromatic amines is 1. The Morgan fingerprint density at radius 2 is 1.82 bits per heavy atom. The smallest absolute Gasteiger partial charge is 0.341 e. The number of rotatable bonds is 6. The molecule has 4 aromatic rings. The van der Waals surface area contributed by atoms with Gasteiger partial charge in [-0.3, -0.25) is 9.59 Å². The van der Waals surface area contributed by atoms with Gasteiger partial charge in [-0.05, 0) is 67.6 Å². The van der Waals surface area contributed by atoms with Crippen LogP contribution < -0.4 is 5.32 Å². The lowest BCUT2D eigenvalue weighted by Gasteiger charge is -2.32. The summed E-state index contributed by atoms with van der Waals surface area (Å²) in [6.45, 7) is 3.02. The first-order valence-electron chi connectivity index (χ1n) is 12.5. The van der Waals surface area contributed by atoms with E-state index in [1.807, 2.05) is 29.2 Å². The molecule has 1 aliphatic heterocycles. The second kappa shape index (κ2) is 10.8. The number of benzene rings is 2. The van der Waals surface area contributed by atoms with Crippen molar-refractivity contribution in [1.29, 1.82) is 0 Å². The number of nitrogens with one attached hydrogen (secondary N) is 2. The topological polar surface area (TPSA) is 104 Å². The van der Waals surface area contributed by atoms with E-state index in [-0.39, 0.29) is 29.6 Å². The highest BCUT2D eigenvalue weighted by Crippen LogP contribution is 2.30. The highest BCUT2D eigenvalue weighted by Gasteiger charge is 2.25. The maximum absolute atomic E-state index is 14.8. The molecule has 0 atom stereocenters. The number of pyridine rings is 1. The summed E-state index contributed by atoms with van der Waals surface area (Å²) in [6.07, 6.45) is 5.06. The number of piperidine rings is 1. The molecule has 2 amide bonds. The van der Waals surface area contributed by atoms with Crippen LogP contribution in [-0.2, 0) is 4.74 Å². The van der Waals surface area contributed by atoms with Crippen molar-refractivity contribution in [3.8, 4) is 0 Å². The van der Waals surface area contributed by atoms with Crippen LogP contribution >= 0.6 is 0 Å². The van der Waals surface area contributed by atoms with Gasteiger partial charge < -0.3 is 19.9 Å². The highest BCUT2D eigenvalue weighted by molar-refractivity contribution is 6.06. The summed E-state index contributed by atoms with van der Waals surface area (Å²) in [5.74, 6) is -2.11. The molecule has 0 radical (unpaired) electrons. The van der Waals surface area contributed by atoms with Crippen LogP contribution in [0.15, 0.2) is 67.0 Å². The zero-order chi connectivity index (χ0) is 26.6. The van der Waals surface area contributed by atoms with Crippen molar-refractivity contribution in [3.63, 3.8) is 0 Å². The minimum atomic E-state index is -0.912. The van der Waals surface area contributed by atoms with Crippen LogP contribution in [-0.4, -0.2) is 52.3 Å². The van der Waals surface area contributed by atoms with Crippen molar-refractivity contribution in [1.82, 2.24) is 14.9 Å². The van der Waals surface area contributed by atoms with E-state index in [9.17, 15) is 18.8 Å². The molecule has 0 aliphatic carbocycles. The van der Waals surface area contributed by atoms with E-state index in [2.05, 4.69) is 15.3 Å². The summed E-state index contributed by atoms with van der Waals surface area (Å²) < 4.78 is 19.6. The molecule has 1 aliphatic rings. The number of fused-ring (bicyclic) bond motifs is 1. The van der Waals surface area contributed by atoms with Crippen molar-refractivity contribution in [2.75, 3.05) is 25.0 Å². The monoisotopic (exact) mass is 514 g/mol. The van der Waals surface area contributed by atoms with E-state index < -0.39 is 17.7 Å². The fourth-order valence-corrected chi connectivity index (χ4v) is 4.77.